The second-order valence-corrected chi connectivity index (χ2v) is 3.32. The Morgan fingerprint density at radius 3 is 2.00 bits per heavy atom. The van der Waals surface area contributed by atoms with Crippen LogP contribution in [-0.4, -0.2) is 14.2 Å². The molecule has 0 spiro atoms. The Labute approximate surface area is 65.9 Å². The first-order valence-electron chi connectivity index (χ1n) is 2.45. The Kier molecular flexibility index (Phi) is 4.93. The molecule has 1 nitrogen and oxygen atoms in total. The summed E-state index contributed by atoms with van der Waals surface area (Å²) >= 11 is 3.25. The van der Waals surface area contributed by atoms with Crippen molar-refractivity contribution in [1.82, 2.24) is 0 Å². The van der Waals surface area contributed by atoms with E-state index in [1.165, 1.54) is 0 Å². The number of rotatable bonds is 2. The molecule has 0 aromatic heterocycles. The Hall–Kier alpha value is 0.0599. The first-order chi connectivity index (χ1) is 4.26. The fourth-order valence-electron chi connectivity index (χ4n) is 0.435. The molecule has 0 aliphatic rings. The summed E-state index contributed by atoms with van der Waals surface area (Å²) in [5.41, 5.74) is 0.815. The second-order valence-electron chi connectivity index (χ2n) is 1.43. The number of allylic oxidation sites excluding steroid dienone is 1. The van der Waals surface area contributed by atoms with Gasteiger partial charge >= 0.3 is 0 Å². The maximum atomic E-state index is 8.43. The lowest BCUT2D eigenvalue weighted by atomic mass is 10.4. The lowest BCUT2D eigenvalue weighted by Crippen LogP contribution is -1.74. The molecule has 0 atom stereocenters. The number of hydrogen-bond donors (Lipinski definition) is 0. The van der Waals surface area contributed by atoms with Crippen LogP contribution in [-0.2, 0) is 0 Å². The highest BCUT2D eigenvalue weighted by Gasteiger charge is 1.95. The maximum Gasteiger partial charge on any atom is 0.180 e. The molecule has 0 bridgehead atoms. The maximum absolute atomic E-state index is 8.43. The predicted octanol–water partition coefficient (Wildman–Crippen LogP) is 0.304. The van der Waals surface area contributed by atoms with Crippen molar-refractivity contribution >= 4 is 37.5 Å². The van der Waals surface area contributed by atoms with Crippen LogP contribution in [0.25, 0.3) is 0 Å². The van der Waals surface area contributed by atoms with Gasteiger partial charge in [0.15, 0.2) is 14.2 Å². The summed E-state index contributed by atoms with van der Waals surface area (Å²) in [6, 6.07) is 2.10. The average Bonchev–Trinajstić information content (AvgIpc) is 1.90. The van der Waals surface area contributed by atoms with Gasteiger partial charge in [0.2, 0.25) is 0 Å². The fourth-order valence-corrected chi connectivity index (χ4v) is 1.81. The van der Waals surface area contributed by atoms with Crippen molar-refractivity contribution < 1.29 is 0 Å². The van der Waals surface area contributed by atoms with Crippen molar-refractivity contribution in [1.29, 1.82) is 5.26 Å². The van der Waals surface area contributed by atoms with Crippen molar-refractivity contribution in [2.45, 2.75) is 6.92 Å². The summed E-state index contributed by atoms with van der Waals surface area (Å²) in [4.78, 5) is 0. The van der Waals surface area contributed by atoms with Crippen LogP contribution >= 0.6 is 23.2 Å². The quantitative estimate of drug-likeness (QED) is 0.423. The van der Waals surface area contributed by atoms with Crippen LogP contribution in [0.1, 0.15) is 6.92 Å². The van der Waals surface area contributed by atoms with Gasteiger partial charge in [0.1, 0.15) is 0 Å². The molecule has 0 aliphatic carbocycles. The third-order valence-electron chi connectivity index (χ3n) is 0.845. The van der Waals surface area contributed by atoms with Gasteiger partial charge in [0, 0.05) is 9.81 Å². The molecular weight excluding hydrogens is 148 g/mol. The minimum absolute atomic E-state index is 0.815. The van der Waals surface area contributed by atoms with Gasteiger partial charge in [-0.15, -0.1) is 0 Å². The normalized spacial score (nSPS) is 8.00. The molecule has 0 aliphatic heterocycles. The highest BCUT2D eigenvalue weighted by Crippen LogP contribution is 2.25. The predicted molar refractivity (Wildman–Crippen MR) is 50.6 cm³/mol. The van der Waals surface area contributed by atoms with Crippen LogP contribution in [0.15, 0.2) is 9.81 Å². The molecule has 0 amide bonds. The highest BCUT2D eigenvalue weighted by molar-refractivity contribution is 8.39. The van der Waals surface area contributed by atoms with Crippen LogP contribution < -0.4 is 0 Å². The summed E-state index contributed by atoms with van der Waals surface area (Å²) in [7, 11) is 3.96. The van der Waals surface area contributed by atoms with E-state index in [0.29, 0.717) is 0 Å². The Morgan fingerprint density at radius 2 is 1.89 bits per heavy atom. The van der Waals surface area contributed by atoms with Crippen LogP contribution in [0.4, 0.5) is 0 Å². The SMILES string of the molecule is BSC(SB)=C(C)C#N. The summed E-state index contributed by atoms with van der Waals surface area (Å²) in [5.74, 6) is 0. The molecule has 0 rings (SSSR count). The Bertz CT molecular complexity index is 154. The van der Waals surface area contributed by atoms with Crippen molar-refractivity contribution in [2.24, 2.45) is 0 Å². The van der Waals surface area contributed by atoms with Crippen LogP contribution in [0.2, 0.25) is 0 Å². The van der Waals surface area contributed by atoms with E-state index >= 15 is 0 Å². The zero-order chi connectivity index (χ0) is 7.28. The average molecular weight is 155 g/mol. The van der Waals surface area contributed by atoms with Crippen molar-refractivity contribution in [3.05, 3.63) is 9.81 Å². The molecule has 46 valence electrons. The van der Waals surface area contributed by atoms with Crippen molar-refractivity contribution in [3.8, 4) is 6.07 Å². The molecule has 0 saturated carbocycles. The van der Waals surface area contributed by atoms with Gasteiger partial charge in [-0.25, -0.2) is 0 Å². The molecule has 9 heavy (non-hydrogen) atoms. The van der Waals surface area contributed by atoms with E-state index in [2.05, 4.69) is 6.07 Å². The van der Waals surface area contributed by atoms with E-state index in [0.717, 1.165) is 9.81 Å². The van der Waals surface area contributed by atoms with Crippen LogP contribution in [0.5, 0.6) is 0 Å². The van der Waals surface area contributed by atoms with Gasteiger partial charge in [0.25, 0.3) is 0 Å². The van der Waals surface area contributed by atoms with Gasteiger partial charge in [-0.2, -0.15) is 28.5 Å². The second kappa shape index (κ2) is 4.89. The third kappa shape index (κ3) is 2.92. The topological polar surface area (TPSA) is 23.8 Å². The number of nitrogens with zero attached hydrogens (tertiary/aromatic N) is 1. The van der Waals surface area contributed by atoms with E-state index in [1.807, 2.05) is 21.2 Å². The molecular formula is C4H7B2NS2. The van der Waals surface area contributed by atoms with Crippen LogP contribution in [0.3, 0.4) is 0 Å². The van der Waals surface area contributed by atoms with Crippen molar-refractivity contribution in [3.63, 3.8) is 0 Å². The summed E-state index contributed by atoms with van der Waals surface area (Å²) in [6.45, 7) is 1.84. The van der Waals surface area contributed by atoms with E-state index in [4.69, 9.17) is 5.26 Å². The van der Waals surface area contributed by atoms with Crippen LogP contribution in [0, 0.1) is 11.3 Å². The minimum atomic E-state index is 0.815. The molecule has 0 fully saturated rings. The summed E-state index contributed by atoms with van der Waals surface area (Å²) < 4.78 is 1.11. The largest absolute Gasteiger partial charge is 0.193 e. The fraction of sp³-hybridized carbons (Fsp3) is 0.250. The van der Waals surface area contributed by atoms with Gasteiger partial charge in [0.05, 0.1) is 6.07 Å². The van der Waals surface area contributed by atoms with Crippen molar-refractivity contribution in [2.75, 3.05) is 0 Å². The van der Waals surface area contributed by atoms with E-state index in [9.17, 15) is 0 Å². The van der Waals surface area contributed by atoms with E-state index < -0.39 is 0 Å². The summed E-state index contributed by atoms with van der Waals surface area (Å²) in [6.07, 6.45) is 0. The van der Waals surface area contributed by atoms with Gasteiger partial charge in [-0.05, 0) is 6.92 Å². The molecule has 0 aromatic carbocycles. The minimum Gasteiger partial charge on any atom is -0.193 e. The smallest absolute Gasteiger partial charge is 0.180 e. The van der Waals surface area contributed by atoms with Gasteiger partial charge < -0.3 is 0 Å². The van der Waals surface area contributed by atoms with Gasteiger partial charge in [-0.1, -0.05) is 0 Å². The lowest BCUT2D eigenvalue weighted by Gasteiger charge is -1.98. The third-order valence-corrected chi connectivity index (χ3v) is 3.20. The Morgan fingerprint density at radius 1 is 1.44 bits per heavy atom. The molecule has 5 heteroatoms. The standard InChI is InChI=1S/C4H7B2NS2/c1-3(2-7)4(8-5)9-6/h5-6H2,1H3. The molecule has 0 N–H and O–H groups in total. The number of nitriles is 1. The Balaban J connectivity index is 4.23. The van der Waals surface area contributed by atoms with E-state index in [1.54, 1.807) is 23.2 Å². The highest BCUT2D eigenvalue weighted by atomic mass is 32.2. The van der Waals surface area contributed by atoms with E-state index in [-0.39, 0.29) is 0 Å². The molecule has 0 heterocycles. The molecule has 0 saturated heterocycles. The first-order valence-corrected chi connectivity index (χ1v) is 4.90. The monoisotopic (exact) mass is 155 g/mol. The summed E-state index contributed by atoms with van der Waals surface area (Å²) in [5, 5.41) is 8.43. The molecule has 0 radical (unpaired) electrons. The van der Waals surface area contributed by atoms with Gasteiger partial charge in [-0.3, -0.25) is 0 Å². The zero-order valence-corrected chi connectivity index (χ0v) is 7.40. The molecule has 0 aromatic rings. The zero-order valence-electron chi connectivity index (χ0n) is 5.76. The number of hydrogen-bond acceptors (Lipinski definition) is 3. The molecule has 0 unspecified atom stereocenters. The first kappa shape index (κ1) is 9.06. The lowest BCUT2D eigenvalue weighted by molar-refractivity contribution is 1.45.